The normalized spacial score (nSPS) is 21.4. The van der Waals surface area contributed by atoms with Crippen LogP contribution in [0.5, 0.6) is 0 Å². The van der Waals surface area contributed by atoms with Crippen LogP contribution >= 0.6 is 12.4 Å². The van der Waals surface area contributed by atoms with E-state index in [0.29, 0.717) is 25.3 Å². The first-order valence-corrected chi connectivity index (χ1v) is 8.30. The molecule has 1 aromatic rings. The molecule has 0 aliphatic carbocycles. The summed E-state index contributed by atoms with van der Waals surface area (Å²) in [6, 6.07) is 0. The molecule has 8 nitrogen and oxygen atoms in total. The first-order chi connectivity index (χ1) is 11.4. The van der Waals surface area contributed by atoms with Crippen LogP contribution in [-0.4, -0.2) is 65.4 Å². The van der Waals surface area contributed by atoms with E-state index < -0.39 is 0 Å². The van der Waals surface area contributed by atoms with Gasteiger partial charge in [-0.1, -0.05) is 6.92 Å². The summed E-state index contributed by atoms with van der Waals surface area (Å²) in [6.07, 6.45) is 3.31. The van der Waals surface area contributed by atoms with Gasteiger partial charge in [0.05, 0.1) is 24.1 Å². The van der Waals surface area contributed by atoms with Crippen LogP contribution in [0.4, 0.5) is 5.69 Å². The lowest BCUT2D eigenvalue weighted by atomic mass is 10.1. The van der Waals surface area contributed by atoms with Gasteiger partial charge < -0.3 is 20.3 Å². The number of aromatic nitrogens is 2. The Morgan fingerprint density at radius 2 is 2.00 bits per heavy atom. The number of carbonyl (C=O) groups excluding carboxylic acids is 2. The number of amides is 2. The molecule has 1 aromatic heterocycles. The minimum absolute atomic E-state index is 0. The van der Waals surface area contributed by atoms with Crippen molar-refractivity contribution in [3.8, 4) is 0 Å². The van der Waals surface area contributed by atoms with E-state index in [4.69, 9.17) is 4.74 Å². The molecule has 0 saturated carbocycles. The van der Waals surface area contributed by atoms with Crippen molar-refractivity contribution < 1.29 is 14.3 Å². The van der Waals surface area contributed by atoms with Crippen LogP contribution in [0.3, 0.4) is 0 Å². The average Bonchev–Trinajstić information content (AvgIpc) is 2.93. The van der Waals surface area contributed by atoms with Crippen molar-refractivity contribution in [2.24, 2.45) is 5.92 Å². The number of halogens is 1. The van der Waals surface area contributed by atoms with Gasteiger partial charge in [0.15, 0.2) is 0 Å². The van der Waals surface area contributed by atoms with Gasteiger partial charge in [0.1, 0.15) is 6.54 Å². The summed E-state index contributed by atoms with van der Waals surface area (Å²) < 4.78 is 7.19. The third-order valence-corrected chi connectivity index (χ3v) is 3.93. The van der Waals surface area contributed by atoms with Crippen molar-refractivity contribution in [2.45, 2.75) is 39.5 Å². The van der Waals surface area contributed by atoms with Gasteiger partial charge in [0.2, 0.25) is 11.8 Å². The van der Waals surface area contributed by atoms with Gasteiger partial charge in [-0.3, -0.25) is 14.3 Å². The number of ether oxygens (including phenoxy) is 1. The second-order valence-electron chi connectivity index (χ2n) is 6.43. The summed E-state index contributed by atoms with van der Waals surface area (Å²) in [6.45, 7) is 7.71. The molecule has 0 bridgehead atoms. The topological polar surface area (TPSA) is 88.5 Å². The monoisotopic (exact) mass is 373 g/mol. The van der Waals surface area contributed by atoms with Crippen molar-refractivity contribution in [2.75, 3.05) is 32.0 Å². The zero-order valence-electron chi connectivity index (χ0n) is 15.2. The minimum atomic E-state index is -0.142. The van der Waals surface area contributed by atoms with Crippen molar-refractivity contribution in [3.63, 3.8) is 0 Å². The van der Waals surface area contributed by atoms with Gasteiger partial charge in [0.25, 0.3) is 0 Å². The van der Waals surface area contributed by atoms with E-state index in [1.54, 1.807) is 29.0 Å². The molecule has 0 aromatic carbocycles. The third-order valence-electron chi connectivity index (χ3n) is 3.93. The maximum absolute atomic E-state index is 12.4. The number of rotatable bonds is 6. The van der Waals surface area contributed by atoms with Crippen LogP contribution in [0.1, 0.15) is 20.8 Å². The van der Waals surface area contributed by atoms with Crippen molar-refractivity contribution in [3.05, 3.63) is 12.4 Å². The Labute approximate surface area is 154 Å². The molecule has 2 amide bonds. The average molecular weight is 374 g/mol. The molecular weight excluding hydrogens is 346 g/mol. The second kappa shape index (κ2) is 9.74. The van der Waals surface area contributed by atoms with Crippen LogP contribution in [0, 0.1) is 5.92 Å². The van der Waals surface area contributed by atoms with Gasteiger partial charge in [-0.25, -0.2) is 0 Å². The predicted molar refractivity (Wildman–Crippen MR) is 97.8 cm³/mol. The van der Waals surface area contributed by atoms with E-state index in [-0.39, 0.29) is 48.9 Å². The van der Waals surface area contributed by atoms with E-state index in [2.05, 4.69) is 15.7 Å². The number of nitrogens with zero attached hydrogens (tertiary/aromatic N) is 3. The van der Waals surface area contributed by atoms with E-state index in [0.717, 1.165) is 0 Å². The maximum Gasteiger partial charge on any atom is 0.244 e. The molecular formula is C16H28ClN5O3. The van der Waals surface area contributed by atoms with Gasteiger partial charge in [0, 0.05) is 31.7 Å². The zero-order chi connectivity index (χ0) is 17.7. The highest BCUT2D eigenvalue weighted by Gasteiger charge is 2.26. The lowest BCUT2D eigenvalue weighted by Gasteiger charge is -2.35. The van der Waals surface area contributed by atoms with E-state index >= 15 is 0 Å². The van der Waals surface area contributed by atoms with E-state index in [1.807, 2.05) is 20.8 Å². The SMILES string of the molecule is CNCC(C)C(=O)Nc1cnn(CC(=O)N2CC(C)OC(C)C2)c1.Cl. The summed E-state index contributed by atoms with van der Waals surface area (Å²) >= 11 is 0. The quantitative estimate of drug-likeness (QED) is 0.767. The number of hydrogen-bond donors (Lipinski definition) is 2. The van der Waals surface area contributed by atoms with Crippen LogP contribution < -0.4 is 10.6 Å². The summed E-state index contributed by atoms with van der Waals surface area (Å²) in [5, 5.41) is 9.93. The molecule has 25 heavy (non-hydrogen) atoms. The summed E-state index contributed by atoms with van der Waals surface area (Å²) in [4.78, 5) is 26.2. The Kier molecular flexibility index (Phi) is 8.34. The van der Waals surface area contributed by atoms with Gasteiger partial charge in [-0.15, -0.1) is 12.4 Å². The maximum atomic E-state index is 12.4. The summed E-state index contributed by atoms with van der Waals surface area (Å²) in [5.74, 6) is -0.219. The number of anilines is 1. The number of hydrogen-bond acceptors (Lipinski definition) is 5. The lowest BCUT2D eigenvalue weighted by Crippen LogP contribution is -2.49. The third kappa shape index (κ3) is 6.30. The number of carbonyl (C=O) groups is 2. The van der Waals surface area contributed by atoms with E-state index in [1.165, 1.54) is 0 Å². The smallest absolute Gasteiger partial charge is 0.244 e. The molecule has 2 rings (SSSR count). The van der Waals surface area contributed by atoms with Crippen molar-refractivity contribution >= 4 is 29.9 Å². The summed E-state index contributed by atoms with van der Waals surface area (Å²) in [5.41, 5.74) is 0.597. The Morgan fingerprint density at radius 1 is 1.36 bits per heavy atom. The van der Waals surface area contributed by atoms with Crippen molar-refractivity contribution in [1.82, 2.24) is 20.0 Å². The molecule has 0 radical (unpaired) electrons. The lowest BCUT2D eigenvalue weighted by molar-refractivity contribution is -0.144. The van der Waals surface area contributed by atoms with Crippen LogP contribution in [0.2, 0.25) is 0 Å². The standard InChI is InChI=1S/C16H27N5O3.ClH/c1-11(5-17-4)16(23)19-14-6-18-21(9-14)10-15(22)20-7-12(2)24-13(3)8-20;/h6,9,11-13,17H,5,7-8,10H2,1-4H3,(H,19,23);1H. The first-order valence-electron chi connectivity index (χ1n) is 8.30. The first kappa shape index (κ1) is 21.4. The minimum Gasteiger partial charge on any atom is -0.372 e. The molecule has 3 unspecified atom stereocenters. The molecule has 9 heteroatoms. The van der Waals surface area contributed by atoms with Crippen LogP contribution in [0.25, 0.3) is 0 Å². The predicted octanol–water partition coefficient (Wildman–Crippen LogP) is 0.735. The van der Waals surface area contributed by atoms with Crippen LogP contribution in [-0.2, 0) is 20.9 Å². The Bertz CT molecular complexity index is 570. The zero-order valence-corrected chi connectivity index (χ0v) is 16.0. The molecule has 1 aliphatic rings. The molecule has 1 saturated heterocycles. The number of nitrogens with one attached hydrogen (secondary N) is 2. The van der Waals surface area contributed by atoms with Crippen molar-refractivity contribution in [1.29, 1.82) is 0 Å². The Balaban J connectivity index is 0.00000312. The fraction of sp³-hybridized carbons (Fsp3) is 0.688. The Hall–Kier alpha value is -1.64. The highest BCUT2D eigenvalue weighted by molar-refractivity contribution is 5.92. The van der Waals surface area contributed by atoms with Crippen LogP contribution in [0.15, 0.2) is 12.4 Å². The van der Waals surface area contributed by atoms with Gasteiger partial charge in [-0.05, 0) is 20.9 Å². The molecule has 142 valence electrons. The van der Waals surface area contributed by atoms with Gasteiger partial charge >= 0.3 is 0 Å². The highest BCUT2D eigenvalue weighted by atomic mass is 35.5. The fourth-order valence-electron chi connectivity index (χ4n) is 2.80. The fourth-order valence-corrected chi connectivity index (χ4v) is 2.80. The Morgan fingerprint density at radius 3 is 2.60 bits per heavy atom. The molecule has 2 N–H and O–H groups in total. The van der Waals surface area contributed by atoms with E-state index in [9.17, 15) is 9.59 Å². The molecule has 1 aliphatic heterocycles. The second-order valence-corrected chi connectivity index (χ2v) is 6.43. The molecule has 0 spiro atoms. The molecule has 1 fully saturated rings. The summed E-state index contributed by atoms with van der Waals surface area (Å²) in [7, 11) is 1.81. The van der Waals surface area contributed by atoms with Gasteiger partial charge in [-0.2, -0.15) is 5.10 Å². The molecule has 3 atom stereocenters. The number of morpholine rings is 1. The molecule has 2 heterocycles. The highest BCUT2D eigenvalue weighted by Crippen LogP contribution is 2.12. The largest absolute Gasteiger partial charge is 0.372 e.